The number of anilines is 1. The van der Waals surface area contributed by atoms with Crippen molar-refractivity contribution < 1.29 is 37.0 Å². The summed E-state index contributed by atoms with van der Waals surface area (Å²) in [5.74, 6) is -6.19. The van der Waals surface area contributed by atoms with Crippen molar-refractivity contribution >= 4 is 44.2 Å². The van der Waals surface area contributed by atoms with E-state index in [2.05, 4.69) is 25.9 Å². The van der Waals surface area contributed by atoms with Crippen LogP contribution in [0.15, 0.2) is 53.3 Å². The van der Waals surface area contributed by atoms with E-state index in [1.54, 1.807) is 6.07 Å². The average Bonchev–Trinajstić information content (AvgIpc) is 2.85. The first-order valence-corrected chi connectivity index (χ1v) is 10.9. The number of nitrogens with zero attached hydrogens (tertiary/aromatic N) is 2. The first-order chi connectivity index (χ1) is 17.2. The maximum absolute atomic E-state index is 14.8. The van der Waals surface area contributed by atoms with Gasteiger partial charge in [-0.1, -0.05) is 15.9 Å². The summed E-state index contributed by atoms with van der Waals surface area (Å²) in [6.07, 6.45) is 1.18. The van der Waals surface area contributed by atoms with Gasteiger partial charge in [-0.2, -0.15) is 0 Å². The molecule has 184 valence electrons. The molecular formula is C24H15BrF3N3O5. The molecule has 0 bridgehead atoms. The van der Waals surface area contributed by atoms with Crippen LogP contribution in [-0.2, 0) is 4.79 Å². The van der Waals surface area contributed by atoms with Crippen LogP contribution in [0.5, 0.6) is 23.1 Å². The van der Waals surface area contributed by atoms with Crippen molar-refractivity contribution in [3.8, 4) is 23.1 Å². The summed E-state index contributed by atoms with van der Waals surface area (Å²) in [5.41, 5.74) is -1.07. The third kappa shape index (κ3) is 4.93. The molecule has 0 saturated carbocycles. The minimum Gasteiger partial charge on any atom is -0.493 e. The first-order valence-electron chi connectivity index (χ1n) is 10.1. The highest BCUT2D eigenvalue weighted by Crippen LogP contribution is 2.36. The van der Waals surface area contributed by atoms with E-state index in [0.29, 0.717) is 26.9 Å². The van der Waals surface area contributed by atoms with E-state index in [1.807, 2.05) is 5.32 Å². The van der Waals surface area contributed by atoms with Crippen LogP contribution in [0.25, 0.3) is 10.9 Å². The number of hydrogen-bond acceptors (Lipinski definition) is 7. The van der Waals surface area contributed by atoms with Crippen molar-refractivity contribution in [1.82, 2.24) is 9.97 Å². The standard InChI is InChI=1S/C24H15BrF3N3O5/c1-34-19-8-13-17(9-20(19)35-2)29-10-30-24(13)36-12-6-15(27)21(16(28)7-12)22(32)23(33)31-18-5-11(25)3-4-14(18)26/h3-10H,1-2H3,(H,31,33). The summed E-state index contributed by atoms with van der Waals surface area (Å²) < 4.78 is 59.9. The number of rotatable bonds is 7. The van der Waals surface area contributed by atoms with Crippen molar-refractivity contribution in [2.75, 3.05) is 19.5 Å². The third-order valence-electron chi connectivity index (χ3n) is 4.94. The number of amides is 1. The number of Topliss-reactive ketones (excluding diaryl/α,β-unsaturated/α-hetero) is 1. The topological polar surface area (TPSA) is 99.6 Å². The Bertz CT molecular complexity index is 1490. The van der Waals surface area contributed by atoms with Crippen LogP contribution in [0.3, 0.4) is 0 Å². The number of halogens is 4. The lowest BCUT2D eigenvalue weighted by molar-refractivity contribution is -0.112. The zero-order valence-electron chi connectivity index (χ0n) is 18.6. The van der Waals surface area contributed by atoms with E-state index in [0.717, 1.165) is 18.2 Å². The maximum Gasteiger partial charge on any atom is 0.297 e. The van der Waals surface area contributed by atoms with Crippen molar-refractivity contribution in [3.05, 3.63) is 76.3 Å². The average molecular weight is 562 g/mol. The molecule has 3 aromatic carbocycles. The van der Waals surface area contributed by atoms with Crippen LogP contribution >= 0.6 is 15.9 Å². The van der Waals surface area contributed by atoms with Crippen molar-refractivity contribution in [3.63, 3.8) is 0 Å². The Balaban J connectivity index is 1.63. The fourth-order valence-corrected chi connectivity index (χ4v) is 3.63. The van der Waals surface area contributed by atoms with Gasteiger partial charge >= 0.3 is 0 Å². The Labute approximate surface area is 210 Å². The largest absolute Gasteiger partial charge is 0.493 e. The minimum atomic E-state index is -1.54. The Hall–Kier alpha value is -4.19. The maximum atomic E-state index is 14.8. The number of benzene rings is 3. The molecule has 0 aliphatic rings. The molecular weight excluding hydrogens is 547 g/mol. The zero-order chi connectivity index (χ0) is 26.0. The summed E-state index contributed by atoms with van der Waals surface area (Å²) in [6.45, 7) is 0. The third-order valence-corrected chi connectivity index (χ3v) is 5.44. The summed E-state index contributed by atoms with van der Waals surface area (Å²) in [6, 6.07) is 8.15. The van der Waals surface area contributed by atoms with E-state index in [9.17, 15) is 22.8 Å². The monoisotopic (exact) mass is 561 g/mol. The first kappa shape index (κ1) is 24.9. The van der Waals surface area contributed by atoms with E-state index in [4.69, 9.17) is 14.2 Å². The molecule has 0 fully saturated rings. The molecule has 1 aromatic heterocycles. The minimum absolute atomic E-state index is 0.0540. The number of nitrogens with one attached hydrogen (secondary N) is 1. The highest BCUT2D eigenvalue weighted by Gasteiger charge is 2.26. The van der Waals surface area contributed by atoms with Crippen molar-refractivity contribution in [2.24, 2.45) is 0 Å². The van der Waals surface area contributed by atoms with Crippen LogP contribution in [0, 0.1) is 17.5 Å². The smallest absolute Gasteiger partial charge is 0.297 e. The van der Waals surface area contributed by atoms with Gasteiger partial charge in [0.2, 0.25) is 5.88 Å². The van der Waals surface area contributed by atoms with Crippen LogP contribution in [0.1, 0.15) is 10.4 Å². The van der Waals surface area contributed by atoms with Crippen LogP contribution < -0.4 is 19.5 Å². The predicted molar refractivity (Wildman–Crippen MR) is 126 cm³/mol. The summed E-state index contributed by atoms with van der Waals surface area (Å²) in [5, 5.41) is 2.35. The van der Waals surface area contributed by atoms with E-state index >= 15 is 0 Å². The number of ether oxygens (including phenoxy) is 3. The highest BCUT2D eigenvalue weighted by atomic mass is 79.9. The van der Waals surface area contributed by atoms with Gasteiger partial charge in [0.15, 0.2) is 11.5 Å². The second-order valence-electron chi connectivity index (χ2n) is 7.17. The molecule has 1 amide bonds. The molecule has 0 saturated heterocycles. The molecule has 0 unspecified atom stereocenters. The fraction of sp³-hybridized carbons (Fsp3) is 0.0833. The highest BCUT2D eigenvalue weighted by molar-refractivity contribution is 9.10. The van der Waals surface area contributed by atoms with E-state index < -0.39 is 34.7 Å². The second kappa shape index (κ2) is 10.2. The van der Waals surface area contributed by atoms with Gasteiger partial charge < -0.3 is 19.5 Å². The lowest BCUT2D eigenvalue weighted by Crippen LogP contribution is -2.25. The molecule has 0 aliphatic carbocycles. The van der Waals surface area contributed by atoms with E-state index in [-0.39, 0.29) is 17.3 Å². The van der Waals surface area contributed by atoms with Gasteiger partial charge in [0.25, 0.3) is 11.7 Å². The lowest BCUT2D eigenvalue weighted by Gasteiger charge is -2.12. The molecule has 4 rings (SSSR count). The van der Waals surface area contributed by atoms with Gasteiger partial charge in [0.05, 0.1) is 36.4 Å². The number of hydrogen-bond donors (Lipinski definition) is 1. The van der Waals surface area contributed by atoms with Crippen LogP contribution in [0.2, 0.25) is 0 Å². The van der Waals surface area contributed by atoms with Gasteiger partial charge in [-0.15, -0.1) is 0 Å². The van der Waals surface area contributed by atoms with E-state index in [1.165, 1.54) is 38.7 Å². The number of carbonyl (C=O) groups is 2. The van der Waals surface area contributed by atoms with Gasteiger partial charge in [0, 0.05) is 22.7 Å². The quantitative estimate of drug-likeness (QED) is 0.237. The number of aromatic nitrogens is 2. The normalized spacial score (nSPS) is 10.7. The molecule has 1 N–H and O–H groups in total. The molecule has 0 aliphatic heterocycles. The van der Waals surface area contributed by atoms with Crippen molar-refractivity contribution in [2.45, 2.75) is 0 Å². The zero-order valence-corrected chi connectivity index (χ0v) is 20.2. The number of methoxy groups -OCH3 is 2. The molecule has 12 heteroatoms. The van der Waals surface area contributed by atoms with Gasteiger partial charge in [0.1, 0.15) is 29.5 Å². The molecule has 0 radical (unpaired) electrons. The predicted octanol–water partition coefficient (Wildman–Crippen LogP) is 5.44. The second-order valence-corrected chi connectivity index (χ2v) is 8.09. The molecule has 4 aromatic rings. The Morgan fingerprint density at radius 3 is 2.22 bits per heavy atom. The van der Waals surface area contributed by atoms with Crippen LogP contribution in [-0.4, -0.2) is 35.9 Å². The molecule has 0 atom stereocenters. The van der Waals surface area contributed by atoms with Crippen LogP contribution in [0.4, 0.5) is 18.9 Å². The fourth-order valence-electron chi connectivity index (χ4n) is 3.26. The molecule has 36 heavy (non-hydrogen) atoms. The SMILES string of the molecule is COc1cc2ncnc(Oc3cc(F)c(C(=O)C(=O)Nc4cc(Br)ccc4F)c(F)c3)c2cc1OC. The summed E-state index contributed by atoms with van der Waals surface area (Å²) in [7, 11) is 2.88. The number of ketones is 1. The Morgan fingerprint density at radius 2 is 1.56 bits per heavy atom. The van der Waals surface area contributed by atoms with Gasteiger partial charge in [-0.05, 0) is 24.3 Å². The van der Waals surface area contributed by atoms with Gasteiger partial charge in [-0.3, -0.25) is 9.59 Å². The van der Waals surface area contributed by atoms with Gasteiger partial charge in [-0.25, -0.2) is 23.1 Å². The Kier molecular flexibility index (Phi) is 7.06. The lowest BCUT2D eigenvalue weighted by atomic mass is 10.1. The van der Waals surface area contributed by atoms with Crippen molar-refractivity contribution in [1.29, 1.82) is 0 Å². The molecule has 0 spiro atoms. The Morgan fingerprint density at radius 1 is 0.889 bits per heavy atom. The number of carbonyl (C=O) groups excluding carboxylic acids is 2. The summed E-state index contributed by atoms with van der Waals surface area (Å²) >= 11 is 3.10. The molecule has 8 nitrogen and oxygen atoms in total. The molecule has 1 heterocycles. The summed E-state index contributed by atoms with van der Waals surface area (Å²) in [4.78, 5) is 32.8. The number of fused-ring (bicyclic) bond motifs is 1.